The number of fused-ring (bicyclic) bond motifs is 2. The van der Waals surface area contributed by atoms with Crippen LogP contribution in [0.15, 0.2) is 41.3 Å². The minimum absolute atomic E-state index is 0.241. The van der Waals surface area contributed by atoms with E-state index >= 15 is 0 Å². The average molecular weight is 436 g/mol. The van der Waals surface area contributed by atoms with Gasteiger partial charge in [-0.15, -0.1) is 0 Å². The normalized spacial score (nSPS) is 26.2. The predicted octanol–water partition coefficient (Wildman–Crippen LogP) is 2.84. The second-order valence-electron chi connectivity index (χ2n) is 7.88. The highest BCUT2D eigenvalue weighted by Crippen LogP contribution is 2.49. The van der Waals surface area contributed by atoms with Gasteiger partial charge in [0, 0.05) is 24.4 Å². The summed E-state index contributed by atoms with van der Waals surface area (Å²) in [6.07, 6.45) is 6.83. The van der Waals surface area contributed by atoms with E-state index in [1.807, 2.05) is 19.1 Å². The van der Waals surface area contributed by atoms with E-state index in [0.717, 1.165) is 5.56 Å². The number of hydrogen-bond acceptors (Lipinski definition) is 6. The smallest absolute Gasteiger partial charge is 0.310 e. The quantitative estimate of drug-likeness (QED) is 0.354. The lowest BCUT2D eigenvalue weighted by Crippen LogP contribution is -2.38. The Morgan fingerprint density at radius 2 is 1.77 bits per heavy atom. The standard InChI is InChI=1S/C22H29NO6S/c1-15-9-11-16(12-10-15)30(26,27)23-18-13-14-19(23)21(22(25)29-3)17(18)7-5-4-6-8-20(24)28-2/h5,7,9-12,17-19,21H,4,6,8,13-14H2,1-3H3/b7-5-/t17-,18-,19+,21+/m1/s1. The van der Waals surface area contributed by atoms with Crippen LogP contribution in [0.2, 0.25) is 0 Å². The molecule has 0 amide bonds. The summed E-state index contributed by atoms with van der Waals surface area (Å²) in [7, 11) is -1.02. The Hall–Kier alpha value is -2.19. The summed E-state index contributed by atoms with van der Waals surface area (Å²) in [6.45, 7) is 1.91. The van der Waals surface area contributed by atoms with Gasteiger partial charge in [-0.3, -0.25) is 9.59 Å². The van der Waals surface area contributed by atoms with Crippen LogP contribution in [-0.2, 0) is 29.1 Å². The molecule has 2 bridgehead atoms. The summed E-state index contributed by atoms with van der Waals surface area (Å²) < 4.78 is 38.0. The van der Waals surface area contributed by atoms with Gasteiger partial charge in [-0.05, 0) is 44.7 Å². The number of aryl methyl sites for hydroxylation is 1. The van der Waals surface area contributed by atoms with Crippen molar-refractivity contribution in [3.8, 4) is 0 Å². The molecule has 8 heteroatoms. The lowest BCUT2D eigenvalue weighted by molar-refractivity contribution is -0.147. The van der Waals surface area contributed by atoms with Gasteiger partial charge in [-0.1, -0.05) is 29.8 Å². The number of allylic oxidation sites excluding steroid dienone is 1. The van der Waals surface area contributed by atoms with Crippen LogP contribution in [0.1, 0.15) is 37.7 Å². The number of hydrogen-bond donors (Lipinski definition) is 0. The van der Waals surface area contributed by atoms with E-state index in [-0.39, 0.29) is 28.8 Å². The molecule has 2 aliphatic rings. The Morgan fingerprint density at radius 3 is 2.40 bits per heavy atom. The Morgan fingerprint density at radius 1 is 1.10 bits per heavy atom. The average Bonchev–Trinajstić information content (AvgIpc) is 3.30. The van der Waals surface area contributed by atoms with E-state index in [0.29, 0.717) is 32.1 Å². The van der Waals surface area contributed by atoms with Gasteiger partial charge >= 0.3 is 11.9 Å². The van der Waals surface area contributed by atoms with Gasteiger partial charge in [0.2, 0.25) is 10.0 Å². The van der Waals surface area contributed by atoms with Crippen molar-refractivity contribution in [3.63, 3.8) is 0 Å². The highest BCUT2D eigenvalue weighted by molar-refractivity contribution is 7.89. The van der Waals surface area contributed by atoms with Gasteiger partial charge in [0.15, 0.2) is 0 Å². The molecule has 1 aromatic rings. The fourth-order valence-electron chi connectivity index (χ4n) is 4.64. The zero-order chi connectivity index (χ0) is 21.9. The van der Waals surface area contributed by atoms with Crippen molar-refractivity contribution < 1.29 is 27.5 Å². The van der Waals surface area contributed by atoms with Crippen LogP contribution < -0.4 is 0 Å². The van der Waals surface area contributed by atoms with Crippen molar-refractivity contribution in [2.45, 2.75) is 56.0 Å². The molecule has 30 heavy (non-hydrogen) atoms. The number of rotatable bonds is 8. The van der Waals surface area contributed by atoms with Crippen molar-refractivity contribution in [1.29, 1.82) is 0 Å². The van der Waals surface area contributed by atoms with E-state index in [1.165, 1.54) is 18.5 Å². The fraction of sp³-hybridized carbons (Fsp3) is 0.545. The number of ether oxygens (including phenoxy) is 2. The second kappa shape index (κ2) is 9.31. The van der Waals surface area contributed by atoms with Crippen LogP contribution in [0.25, 0.3) is 0 Å². The number of carbonyl (C=O) groups excluding carboxylic acids is 2. The Balaban J connectivity index is 1.83. The maximum atomic E-state index is 13.4. The van der Waals surface area contributed by atoms with Gasteiger partial charge in [-0.25, -0.2) is 8.42 Å². The second-order valence-corrected chi connectivity index (χ2v) is 9.73. The van der Waals surface area contributed by atoms with Crippen LogP contribution in [0, 0.1) is 18.8 Å². The number of benzene rings is 1. The molecular formula is C22H29NO6S. The van der Waals surface area contributed by atoms with E-state index in [9.17, 15) is 18.0 Å². The first-order chi connectivity index (χ1) is 14.3. The Bertz CT molecular complexity index is 908. The predicted molar refractivity (Wildman–Crippen MR) is 111 cm³/mol. The van der Waals surface area contributed by atoms with E-state index in [4.69, 9.17) is 4.74 Å². The zero-order valence-electron chi connectivity index (χ0n) is 17.6. The number of carbonyl (C=O) groups is 2. The Labute approximate surface area is 178 Å². The Kier molecular flexibility index (Phi) is 6.98. The zero-order valence-corrected chi connectivity index (χ0v) is 18.4. The molecule has 2 saturated heterocycles. The molecule has 7 nitrogen and oxygen atoms in total. The third-order valence-corrected chi connectivity index (χ3v) is 8.06. The first-order valence-electron chi connectivity index (χ1n) is 10.2. The number of sulfonamides is 1. The highest BCUT2D eigenvalue weighted by Gasteiger charge is 2.59. The molecule has 2 fully saturated rings. The summed E-state index contributed by atoms with van der Waals surface area (Å²) in [5.41, 5.74) is 0.985. The van der Waals surface area contributed by atoms with Crippen LogP contribution >= 0.6 is 0 Å². The third-order valence-electron chi connectivity index (χ3n) is 6.09. The lowest BCUT2D eigenvalue weighted by atomic mass is 9.79. The third kappa shape index (κ3) is 4.30. The van der Waals surface area contributed by atoms with Crippen molar-refractivity contribution in [1.82, 2.24) is 4.31 Å². The minimum atomic E-state index is -3.72. The molecule has 2 aliphatic heterocycles. The molecule has 0 aromatic heterocycles. The molecule has 0 N–H and O–H groups in total. The van der Waals surface area contributed by atoms with Crippen molar-refractivity contribution >= 4 is 22.0 Å². The molecule has 2 heterocycles. The van der Waals surface area contributed by atoms with Crippen molar-refractivity contribution in [2.75, 3.05) is 14.2 Å². The maximum absolute atomic E-state index is 13.4. The SMILES string of the molecule is COC(=O)CCC/C=C\[C@H]1[C@H](C(=O)OC)[C@@H]2CC[C@H]1N2S(=O)(=O)c1ccc(C)cc1. The van der Waals surface area contributed by atoms with Crippen LogP contribution in [-0.4, -0.2) is 51.0 Å². The van der Waals surface area contributed by atoms with Crippen molar-refractivity contribution in [2.24, 2.45) is 11.8 Å². The number of nitrogens with zero attached hydrogens (tertiary/aromatic N) is 1. The van der Waals surface area contributed by atoms with E-state index < -0.39 is 22.0 Å². The first-order valence-corrected chi connectivity index (χ1v) is 11.7. The van der Waals surface area contributed by atoms with Gasteiger partial charge in [-0.2, -0.15) is 4.31 Å². The topological polar surface area (TPSA) is 90.0 Å². The lowest BCUT2D eigenvalue weighted by Gasteiger charge is -2.24. The van der Waals surface area contributed by atoms with Crippen molar-refractivity contribution in [3.05, 3.63) is 42.0 Å². The molecule has 1 aromatic carbocycles. The molecule has 0 spiro atoms. The minimum Gasteiger partial charge on any atom is -0.469 e. The van der Waals surface area contributed by atoms with E-state index in [1.54, 1.807) is 24.3 Å². The van der Waals surface area contributed by atoms with Gasteiger partial charge < -0.3 is 9.47 Å². The number of methoxy groups -OCH3 is 2. The summed E-state index contributed by atoms with van der Waals surface area (Å²) in [6, 6.07) is 6.11. The molecule has 0 unspecified atom stereocenters. The number of unbranched alkanes of at least 4 members (excludes halogenated alkanes) is 1. The largest absolute Gasteiger partial charge is 0.469 e. The monoisotopic (exact) mass is 435 g/mol. The fourth-order valence-corrected chi connectivity index (χ4v) is 6.56. The van der Waals surface area contributed by atoms with E-state index in [2.05, 4.69) is 4.74 Å². The maximum Gasteiger partial charge on any atom is 0.310 e. The van der Waals surface area contributed by atoms with Crippen LogP contribution in [0.3, 0.4) is 0 Å². The van der Waals surface area contributed by atoms with Gasteiger partial charge in [0.25, 0.3) is 0 Å². The molecule has 0 radical (unpaired) electrons. The highest BCUT2D eigenvalue weighted by atomic mass is 32.2. The van der Waals surface area contributed by atoms with Crippen LogP contribution in [0.4, 0.5) is 0 Å². The molecular weight excluding hydrogens is 406 g/mol. The summed E-state index contributed by atoms with van der Waals surface area (Å²) in [5.74, 6) is -1.40. The molecule has 164 valence electrons. The first kappa shape index (κ1) is 22.5. The van der Waals surface area contributed by atoms with Gasteiger partial charge in [0.05, 0.1) is 25.0 Å². The van der Waals surface area contributed by atoms with Gasteiger partial charge in [0.1, 0.15) is 0 Å². The molecule has 3 rings (SSSR count). The molecule has 0 aliphatic carbocycles. The molecule has 0 saturated carbocycles. The van der Waals surface area contributed by atoms with Crippen LogP contribution in [0.5, 0.6) is 0 Å². The summed E-state index contributed by atoms with van der Waals surface area (Å²) in [5, 5.41) is 0. The summed E-state index contributed by atoms with van der Waals surface area (Å²) >= 11 is 0. The summed E-state index contributed by atoms with van der Waals surface area (Å²) in [4.78, 5) is 24.0. The molecule has 4 atom stereocenters. The number of esters is 2.